The van der Waals surface area contributed by atoms with E-state index in [0.717, 1.165) is 25.7 Å². The van der Waals surface area contributed by atoms with Gasteiger partial charge in [0.1, 0.15) is 12.2 Å². The van der Waals surface area contributed by atoms with Crippen molar-refractivity contribution in [1.29, 1.82) is 0 Å². The van der Waals surface area contributed by atoms with Crippen molar-refractivity contribution < 1.29 is 24.2 Å². The van der Waals surface area contributed by atoms with Crippen molar-refractivity contribution in [2.75, 3.05) is 0 Å². The second kappa shape index (κ2) is 9.25. The fraction of sp³-hybridized carbons (Fsp3) is 0.760. The molecule has 0 aromatic heterocycles. The third-order valence-electron chi connectivity index (χ3n) is 7.35. The number of carbonyl (C=O) groups is 2. The molecule has 0 aromatic rings. The normalized spacial score (nSPS) is 36.5. The van der Waals surface area contributed by atoms with Gasteiger partial charge in [-0.1, -0.05) is 39.0 Å². The number of hydrogen-bond donors (Lipinski definition) is 1. The van der Waals surface area contributed by atoms with Crippen LogP contribution in [0.1, 0.15) is 73.1 Å². The first-order valence-electron chi connectivity index (χ1n) is 11.6. The average molecular weight is 419 g/mol. The van der Waals surface area contributed by atoms with Crippen molar-refractivity contribution in [3.05, 3.63) is 23.8 Å². The van der Waals surface area contributed by atoms with Crippen LogP contribution in [0.2, 0.25) is 0 Å². The first-order valence-corrected chi connectivity index (χ1v) is 11.6. The molecule has 0 saturated carbocycles. The Kier molecular flexibility index (Phi) is 7.11. The summed E-state index contributed by atoms with van der Waals surface area (Å²) in [5, 5.41) is 9.92. The number of carbonyl (C=O) groups excluding carboxylic acids is 2. The van der Waals surface area contributed by atoms with Crippen LogP contribution in [0.4, 0.5) is 0 Å². The molecule has 3 rings (SSSR count). The Morgan fingerprint density at radius 2 is 2.00 bits per heavy atom. The van der Waals surface area contributed by atoms with Crippen LogP contribution < -0.4 is 0 Å². The molecular formula is C25H38O5. The van der Waals surface area contributed by atoms with Crippen LogP contribution in [0.3, 0.4) is 0 Å². The van der Waals surface area contributed by atoms with E-state index in [1.54, 1.807) is 0 Å². The van der Waals surface area contributed by atoms with Crippen LogP contribution in [0.25, 0.3) is 0 Å². The molecule has 2 aliphatic carbocycles. The van der Waals surface area contributed by atoms with Crippen LogP contribution in [0.15, 0.2) is 23.8 Å². The Hall–Kier alpha value is -1.62. The molecule has 30 heavy (non-hydrogen) atoms. The maximum atomic E-state index is 12.9. The van der Waals surface area contributed by atoms with E-state index < -0.39 is 11.5 Å². The molecule has 7 atom stereocenters. The van der Waals surface area contributed by atoms with Crippen LogP contribution in [0, 0.1) is 29.1 Å². The fourth-order valence-electron chi connectivity index (χ4n) is 5.08. The standard InChI is InChI=1S/C25H38O5/c1-6-25(4,5)24(28)30-21-12-15(2)11-17-8-7-16(3)20(23(17)21)10-9-19-13-18(26)14-22(27)29-19/h7-8,11,15-16,18-21,23,26H,6,9-10,12-14H2,1-5H3/t15-,16-,18+,19-,20-,21-,23+/m0/s1. The number of esters is 2. The second-order valence-electron chi connectivity index (χ2n) is 10.3. The van der Waals surface area contributed by atoms with Gasteiger partial charge in [0.05, 0.1) is 17.9 Å². The van der Waals surface area contributed by atoms with Gasteiger partial charge in [0.25, 0.3) is 0 Å². The molecule has 0 radical (unpaired) electrons. The smallest absolute Gasteiger partial charge is 0.311 e. The maximum Gasteiger partial charge on any atom is 0.311 e. The maximum absolute atomic E-state index is 12.9. The van der Waals surface area contributed by atoms with Gasteiger partial charge in [-0.15, -0.1) is 0 Å². The highest BCUT2D eigenvalue weighted by molar-refractivity contribution is 5.76. The van der Waals surface area contributed by atoms with Gasteiger partial charge in [-0.05, 0) is 62.9 Å². The molecule has 0 amide bonds. The Morgan fingerprint density at radius 1 is 1.27 bits per heavy atom. The van der Waals surface area contributed by atoms with Crippen molar-refractivity contribution in [1.82, 2.24) is 0 Å². The molecule has 1 N–H and O–H groups in total. The van der Waals surface area contributed by atoms with Crippen LogP contribution >= 0.6 is 0 Å². The first-order chi connectivity index (χ1) is 14.1. The number of ether oxygens (including phenoxy) is 2. The number of hydrogen-bond acceptors (Lipinski definition) is 5. The summed E-state index contributed by atoms with van der Waals surface area (Å²) in [6.07, 6.45) is 9.61. The van der Waals surface area contributed by atoms with Crippen molar-refractivity contribution in [2.24, 2.45) is 29.1 Å². The van der Waals surface area contributed by atoms with Gasteiger partial charge < -0.3 is 14.6 Å². The molecule has 1 fully saturated rings. The largest absolute Gasteiger partial charge is 0.462 e. The molecule has 3 aliphatic rings. The molecule has 5 nitrogen and oxygen atoms in total. The quantitative estimate of drug-likeness (QED) is 0.639. The molecule has 0 unspecified atom stereocenters. The van der Waals surface area contributed by atoms with E-state index in [-0.39, 0.29) is 36.5 Å². The summed E-state index contributed by atoms with van der Waals surface area (Å²) in [7, 11) is 0. The minimum atomic E-state index is -0.601. The summed E-state index contributed by atoms with van der Waals surface area (Å²) in [5.41, 5.74) is 0.785. The van der Waals surface area contributed by atoms with E-state index in [1.165, 1.54) is 5.57 Å². The third kappa shape index (κ3) is 5.16. The van der Waals surface area contributed by atoms with Crippen molar-refractivity contribution in [2.45, 2.75) is 91.5 Å². The lowest BCUT2D eigenvalue weighted by Gasteiger charge is -2.44. The number of aliphatic hydroxyl groups is 1. The lowest BCUT2D eigenvalue weighted by Crippen LogP contribution is -2.43. The highest BCUT2D eigenvalue weighted by atomic mass is 16.6. The lowest BCUT2D eigenvalue weighted by atomic mass is 9.65. The Labute approximate surface area is 180 Å². The van der Waals surface area contributed by atoms with Gasteiger partial charge in [0, 0.05) is 12.3 Å². The Balaban J connectivity index is 1.76. The number of aliphatic hydroxyl groups excluding tert-OH is 1. The monoisotopic (exact) mass is 418 g/mol. The Morgan fingerprint density at radius 3 is 2.67 bits per heavy atom. The van der Waals surface area contributed by atoms with Crippen LogP contribution in [-0.4, -0.2) is 35.4 Å². The summed E-state index contributed by atoms with van der Waals surface area (Å²) in [5.74, 6) is 0.776. The van der Waals surface area contributed by atoms with E-state index in [0.29, 0.717) is 24.2 Å². The summed E-state index contributed by atoms with van der Waals surface area (Å²) in [6, 6.07) is 0. The molecule has 0 spiro atoms. The topological polar surface area (TPSA) is 72.8 Å². The lowest BCUT2D eigenvalue weighted by molar-refractivity contribution is -0.166. The predicted molar refractivity (Wildman–Crippen MR) is 115 cm³/mol. The second-order valence-corrected chi connectivity index (χ2v) is 10.3. The zero-order chi connectivity index (χ0) is 22.1. The van der Waals surface area contributed by atoms with Gasteiger partial charge in [-0.3, -0.25) is 9.59 Å². The van der Waals surface area contributed by atoms with Gasteiger partial charge >= 0.3 is 11.9 Å². The highest BCUT2D eigenvalue weighted by Crippen LogP contribution is 2.45. The van der Waals surface area contributed by atoms with E-state index in [4.69, 9.17) is 9.47 Å². The molecule has 5 heteroatoms. The summed E-state index contributed by atoms with van der Waals surface area (Å²) < 4.78 is 11.6. The van der Waals surface area contributed by atoms with E-state index in [9.17, 15) is 14.7 Å². The average Bonchev–Trinajstić information content (AvgIpc) is 2.66. The molecule has 1 aliphatic heterocycles. The van der Waals surface area contributed by atoms with Gasteiger partial charge in [-0.25, -0.2) is 0 Å². The van der Waals surface area contributed by atoms with E-state index in [2.05, 4.69) is 32.1 Å². The minimum absolute atomic E-state index is 0.0949. The molecule has 1 saturated heterocycles. The SMILES string of the molecule is CCC(C)(C)C(=O)O[C@H]1C[C@@H](C)C=C2C=C[C@H](C)[C@H](CC[C@H]3C[C@@H](O)CC(=O)O3)[C@@H]21. The van der Waals surface area contributed by atoms with Gasteiger partial charge in [0.15, 0.2) is 0 Å². The predicted octanol–water partition coefficient (Wildman–Crippen LogP) is 4.59. The molecular weight excluding hydrogens is 380 g/mol. The van der Waals surface area contributed by atoms with Crippen molar-refractivity contribution in [3.63, 3.8) is 0 Å². The van der Waals surface area contributed by atoms with Gasteiger partial charge in [0.2, 0.25) is 0 Å². The summed E-state index contributed by atoms with van der Waals surface area (Å²) in [6.45, 7) is 10.3. The van der Waals surface area contributed by atoms with Crippen molar-refractivity contribution >= 4 is 11.9 Å². The summed E-state index contributed by atoms with van der Waals surface area (Å²) >= 11 is 0. The molecule has 168 valence electrons. The van der Waals surface area contributed by atoms with Gasteiger partial charge in [-0.2, -0.15) is 0 Å². The molecule has 1 heterocycles. The third-order valence-corrected chi connectivity index (χ3v) is 7.35. The first kappa shape index (κ1) is 23.1. The summed E-state index contributed by atoms with van der Waals surface area (Å²) in [4.78, 5) is 24.6. The van der Waals surface area contributed by atoms with Crippen LogP contribution in [-0.2, 0) is 19.1 Å². The zero-order valence-corrected chi connectivity index (χ0v) is 19.1. The van der Waals surface area contributed by atoms with E-state index >= 15 is 0 Å². The Bertz CT molecular complexity index is 706. The van der Waals surface area contributed by atoms with E-state index in [1.807, 2.05) is 20.8 Å². The molecule has 0 bridgehead atoms. The zero-order valence-electron chi connectivity index (χ0n) is 19.1. The number of allylic oxidation sites excluding steroid dienone is 3. The number of cyclic esters (lactones) is 1. The minimum Gasteiger partial charge on any atom is -0.462 e. The fourth-order valence-corrected chi connectivity index (χ4v) is 5.08. The highest BCUT2D eigenvalue weighted by Gasteiger charge is 2.43. The number of fused-ring (bicyclic) bond motifs is 1. The van der Waals surface area contributed by atoms with Crippen molar-refractivity contribution in [3.8, 4) is 0 Å². The van der Waals surface area contributed by atoms with Crippen LogP contribution in [0.5, 0.6) is 0 Å². The number of rotatable bonds is 6. The molecule has 0 aromatic carbocycles.